The molecule has 2 aliphatic heterocycles. The van der Waals surface area contributed by atoms with E-state index in [-0.39, 0.29) is 31.0 Å². The van der Waals surface area contributed by atoms with Crippen molar-refractivity contribution in [3.8, 4) is 11.5 Å². The normalized spacial score (nSPS) is 16.0. The molecule has 3 heterocycles. The van der Waals surface area contributed by atoms with Crippen LogP contribution >= 0.6 is 0 Å². The van der Waals surface area contributed by atoms with E-state index in [2.05, 4.69) is 10.4 Å². The summed E-state index contributed by atoms with van der Waals surface area (Å²) in [5, 5.41) is 6.87. The molecule has 0 saturated heterocycles. The minimum Gasteiger partial charge on any atom is -0.454 e. The first-order valence-corrected chi connectivity index (χ1v) is 10.2. The summed E-state index contributed by atoms with van der Waals surface area (Å²) in [6, 6.07) is 15.3. The number of nitrogens with one attached hydrogen (secondary N) is 1. The highest BCUT2D eigenvalue weighted by molar-refractivity contribution is 6.06. The summed E-state index contributed by atoms with van der Waals surface area (Å²) in [4.78, 5) is 39.7. The summed E-state index contributed by atoms with van der Waals surface area (Å²) < 4.78 is 11.5. The summed E-state index contributed by atoms with van der Waals surface area (Å²) >= 11 is 0. The van der Waals surface area contributed by atoms with E-state index < -0.39 is 11.5 Å². The number of hydrogen-bond acceptors (Lipinski definition) is 6. The summed E-state index contributed by atoms with van der Waals surface area (Å²) in [6.07, 6.45) is 0.749. The fraction of sp³-hybridized carbons (Fsp3) is 0.217. The van der Waals surface area contributed by atoms with Crippen molar-refractivity contribution in [1.82, 2.24) is 9.78 Å². The number of ether oxygens (including phenoxy) is 2. The first kappa shape index (κ1) is 19.8. The van der Waals surface area contributed by atoms with Crippen molar-refractivity contribution in [1.29, 1.82) is 0 Å². The van der Waals surface area contributed by atoms with E-state index in [1.165, 1.54) is 12.1 Å². The van der Waals surface area contributed by atoms with E-state index in [1.807, 2.05) is 31.2 Å². The monoisotopic (exact) mass is 432 g/mol. The molecule has 0 aliphatic carbocycles. The van der Waals surface area contributed by atoms with E-state index in [9.17, 15) is 14.4 Å². The highest BCUT2D eigenvalue weighted by Crippen LogP contribution is 2.34. The van der Waals surface area contributed by atoms with Crippen LogP contribution in [0.4, 0.5) is 11.4 Å². The number of hydrogen-bond donors (Lipinski definition) is 1. The molecule has 1 atom stereocenters. The number of carbonyl (C=O) groups is 2. The molecule has 32 heavy (non-hydrogen) atoms. The number of benzene rings is 2. The highest BCUT2D eigenvalue weighted by Gasteiger charge is 2.32. The topological polar surface area (TPSA) is 103 Å². The average Bonchev–Trinajstić information content (AvgIpc) is 3.37. The molecule has 9 heteroatoms. The Kier molecular flexibility index (Phi) is 4.85. The second kappa shape index (κ2) is 7.84. The van der Waals surface area contributed by atoms with E-state index in [4.69, 9.17) is 9.47 Å². The Hall–Kier alpha value is -4.14. The molecule has 0 spiro atoms. The summed E-state index contributed by atoms with van der Waals surface area (Å²) in [5.41, 5.74) is 2.05. The van der Waals surface area contributed by atoms with Crippen molar-refractivity contribution in [3.63, 3.8) is 0 Å². The zero-order valence-electron chi connectivity index (χ0n) is 17.3. The van der Waals surface area contributed by atoms with Gasteiger partial charge in [-0.05, 0) is 43.2 Å². The average molecular weight is 432 g/mol. The number of aromatic nitrogens is 2. The molecule has 1 N–H and O–H groups in total. The van der Waals surface area contributed by atoms with Gasteiger partial charge in [0.15, 0.2) is 11.5 Å². The quantitative estimate of drug-likeness (QED) is 0.678. The van der Waals surface area contributed by atoms with Gasteiger partial charge in [-0.3, -0.25) is 14.4 Å². The third-order valence-corrected chi connectivity index (χ3v) is 5.46. The molecule has 0 radical (unpaired) electrons. The molecule has 162 valence electrons. The van der Waals surface area contributed by atoms with Gasteiger partial charge in [0, 0.05) is 29.5 Å². The first-order valence-electron chi connectivity index (χ1n) is 10.2. The lowest BCUT2D eigenvalue weighted by atomic mass is 10.1. The molecular weight excluding hydrogens is 412 g/mol. The van der Waals surface area contributed by atoms with Gasteiger partial charge in [-0.15, -0.1) is 0 Å². The fourth-order valence-corrected chi connectivity index (χ4v) is 3.99. The van der Waals surface area contributed by atoms with E-state index in [1.54, 1.807) is 23.1 Å². The van der Waals surface area contributed by atoms with Gasteiger partial charge in [0.2, 0.25) is 12.7 Å². The predicted octanol–water partition coefficient (Wildman–Crippen LogP) is 2.20. The molecule has 9 nitrogen and oxygen atoms in total. The Morgan fingerprint density at radius 1 is 1.09 bits per heavy atom. The number of carbonyl (C=O) groups excluding carboxylic acids is 2. The van der Waals surface area contributed by atoms with Gasteiger partial charge in [0.05, 0.1) is 0 Å². The Bertz CT molecular complexity index is 1290. The van der Waals surface area contributed by atoms with Crippen LogP contribution < -0.4 is 25.2 Å². The third-order valence-electron chi connectivity index (χ3n) is 5.46. The SMILES string of the molecule is C[C@H]1Cc2ccccc2N1C(=O)c1ccc(=O)n(CC(=O)Nc2ccc3c(c2)OCO3)n1. The van der Waals surface area contributed by atoms with Crippen molar-refractivity contribution in [2.75, 3.05) is 17.0 Å². The third kappa shape index (κ3) is 3.58. The molecule has 0 fully saturated rings. The van der Waals surface area contributed by atoms with E-state index in [0.29, 0.717) is 17.2 Å². The zero-order chi connectivity index (χ0) is 22.2. The van der Waals surface area contributed by atoms with Crippen LogP contribution in [-0.4, -0.2) is 34.4 Å². The van der Waals surface area contributed by atoms with Gasteiger partial charge in [-0.25, -0.2) is 4.68 Å². The number of amides is 2. The van der Waals surface area contributed by atoms with E-state index in [0.717, 1.165) is 22.4 Å². The van der Waals surface area contributed by atoms with Gasteiger partial charge < -0.3 is 19.7 Å². The van der Waals surface area contributed by atoms with Crippen LogP contribution in [0.1, 0.15) is 23.0 Å². The maximum absolute atomic E-state index is 13.2. The van der Waals surface area contributed by atoms with Crippen LogP contribution in [0.15, 0.2) is 59.4 Å². The van der Waals surface area contributed by atoms with Gasteiger partial charge in [-0.2, -0.15) is 5.10 Å². The Labute approximate surface area is 183 Å². The largest absolute Gasteiger partial charge is 0.454 e. The van der Waals surface area contributed by atoms with Crippen LogP contribution in [0, 0.1) is 0 Å². The van der Waals surface area contributed by atoms with Gasteiger partial charge in [-0.1, -0.05) is 18.2 Å². The molecule has 1 aromatic heterocycles. The first-order chi connectivity index (χ1) is 15.5. The number of para-hydroxylation sites is 1. The van der Waals surface area contributed by atoms with E-state index >= 15 is 0 Å². The van der Waals surface area contributed by atoms with Gasteiger partial charge in [0.25, 0.3) is 11.5 Å². The lowest BCUT2D eigenvalue weighted by Crippen LogP contribution is -2.38. The molecule has 0 bridgehead atoms. The Morgan fingerprint density at radius 2 is 1.91 bits per heavy atom. The van der Waals surface area contributed by atoms with Crippen molar-refractivity contribution in [2.45, 2.75) is 25.9 Å². The minimum atomic E-state index is -0.475. The molecular formula is C23H20N4O5. The lowest BCUT2D eigenvalue weighted by Gasteiger charge is -2.22. The number of nitrogens with zero attached hydrogens (tertiary/aromatic N) is 3. The smallest absolute Gasteiger partial charge is 0.278 e. The molecule has 2 amide bonds. The van der Waals surface area contributed by atoms with Gasteiger partial charge >= 0.3 is 0 Å². The second-order valence-corrected chi connectivity index (χ2v) is 7.69. The van der Waals surface area contributed by atoms with Crippen LogP contribution in [0.25, 0.3) is 0 Å². The standard InChI is InChI=1S/C23H20N4O5/c1-14-10-15-4-2-3-5-18(15)27(14)23(30)17-7-9-22(29)26(25-17)12-21(28)24-16-6-8-19-20(11-16)32-13-31-19/h2-9,11,14H,10,12-13H2,1H3,(H,24,28)/t14-/m0/s1. The van der Waals surface area contributed by atoms with Crippen LogP contribution in [-0.2, 0) is 17.8 Å². The predicted molar refractivity (Wildman–Crippen MR) is 116 cm³/mol. The number of anilines is 2. The number of fused-ring (bicyclic) bond motifs is 2. The second-order valence-electron chi connectivity index (χ2n) is 7.69. The molecule has 2 aromatic carbocycles. The summed E-state index contributed by atoms with van der Waals surface area (Å²) in [7, 11) is 0. The highest BCUT2D eigenvalue weighted by atomic mass is 16.7. The molecule has 2 aliphatic rings. The molecule has 3 aromatic rings. The van der Waals surface area contributed by atoms with Crippen LogP contribution in [0.3, 0.4) is 0 Å². The van der Waals surface area contributed by atoms with Crippen molar-refractivity contribution in [2.24, 2.45) is 0 Å². The maximum Gasteiger partial charge on any atom is 0.278 e. The summed E-state index contributed by atoms with van der Waals surface area (Å²) in [5.74, 6) is 0.367. The van der Waals surface area contributed by atoms with Gasteiger partial charge in [0.1, 0.15) is 12.2 Å². The minimum absolute atomic E-state index is 0.0311. The Balaban J connectivity index is 1.34. The van der Waals surface area contributed by atoms with Crippen molar-refractivity contribution in [3.05, 3.63) is 76.2 Å². The molecule has 5 rings (SSSR count). The molecule has 0 saturated carbocycles. The number of rotatable bonds is 4. The van der Waals surface area contributed by atoms with Crippen molar-refractivity contribution >= 4 is 23.2 Å². The zero-order valence-corrected chi connectivity index (χ0v) is 17.3. The molecule has 0 unspecified atom stereocenters. The van der Waals surface area contributed by atoms with Crippen LogP contribution in [0.2, 0.25) is 0 Å². The fourth-order valence-electron chi connectivity index (χ4n) is 3.99. The lowest BCUT2D eigenvalue weighted by molar-refractivity contribution is -0.117. The summed E-state index contributed by atoms with van der Waals surface area (Å²) in [6.45, 7) is 1.76. The van der Waals surface area contributed by atoms with Crippen molar-refractivity contribution < 1.29 is 19.1 Å². The Morgan fingerprint density at radius 3 is 2.78 bits per heavy atom. The van der Waals surface area contributed by atoms with Crippen LogP contribution in [0.5, 0.6) is 11.5 Å². The maximum atomic E-state index is 13.2.